The molecule has 30 heavy (non-hydrogen) atoms. The summed E-state index contributed by atoms with van der Waals surface area (Å²) in [4.78, 5) is 26.1. The van der Waals surface area contributed by atoms with Crippen LogP contribution in [0, 0.1) is 0 Å². The summed E-state index contributed by atoms with van der Waals surface area (Å²) in [5.41, 5.74) is 9.53. The standard InChI is InChI=1S/C22H25N7O/c1-2-5-15-12-16(20(23)24-13-15)18-6-3-10-28(18)19-7-11-29-21(26-19)17(14-25-29)22(30)27-8-4-9-27/h2,7,11-14,18H,1,3-6,8-10H2,(H2,23,24). The maximum absolute atomic E-state index is 12.8. The van der Waals surface area contributed by atoms with Crippen LogP contribution in [-0.4, -0.2) is 50.0 Å². The zero-order chi connectivity index (χ0) is 20.7. The number of nitrogens with zero attached hydrogens (tertiary/aromatic N) is 6. The number of fused-ring (bicyclic) bond motifs is 1. The molecule has 0 radical (unpaired) electrons. The second-order valence-electron chi connectivity index (χ2n) is 7.92. The van der Waals surface area contributed by atoms with E-state index in [1.165, 1.54) is 0 Å². The lowest BCUT2D eigenvalue weighted by Gasteiger charge is -2.30. The minimum absolute atomic E-state index is 0.00411. The van der Waals surface area contributed by atoms with Gasteiger partial charge in [0.2, 0.25) is 0 Å². The highest BCUT2D eigenvalue weighted by atomic mass is 16.2. The van der Waals surface area contributed by atoms with Gasteiger partial charge < -0.3 is 15.5 Å². The Balaban J connectivity index is 1.50. The van der Waals surface area contributed by atoms with Crippen molar-refractivity contribution in [2.45, 2.75) is 31.7 Å². The number of aromatic nitrogens is 4. The van der Waals surface area contributed by atoms with Gasteiger partial charge in [-0.3, -0.25) is 4.79 Å². The topological polar surface area (TPSA) is 92.7 Å². The summed E-state index contributed by atoms with van der Waals surface area (Å²) >= 11 is 0. The van der Waals surface area contributed by atoms with Crippen LogP contribution in [0.5, 0.6) is 0 Å². The third-order valence-corrected chi connectivity index (χ3v) is 6.02. The van der Waals surface area contributed by atoms with Crippen molar-refractivity contribution in [2.75, 3.05) is 30.3 Å². The molecule has 3 aromatic rings. The van der Waals surface area contributed by atoms with Gasteiger partial charge in [-0.1, -0.05) is 6.08 Å². The Morgan fingerprint density at radius 3 is 2.90 bits per heavy atom. The van der Waals surface area contributed by atoms with Gasteiger partial charge in [-0.25, -0.2) is 14.5 Å². The van der Waals surface area contributed by atoms with Crippen molar-refractivity contribution in [3.05, 3.63) is 60.1 Å². The van der Waals surface area contributed by atoms with Gasteiger partial charge in [-0.2, -0.15) is 5.10 Å². The average Bonchev–Trinajstić information content (AvgIpc) is 3.34. The summed E-state index contributed by atoms with van der Waals surface area (Å²) in [6.07, 6.45) is 11.0. The number of carbonyl (C=O) groups is 1. The summed E-state index contributed by atoms with van der Waals surface area (Å²) in [5, 5.41) is 4.32. The van der Waals surface area contributed by atoms with Crippen LogP contribution in [0.2, 0.25) is 0 Å². The largest absolute Gasteiger partial charge is 0.383 e. The summed E-state index contributed by atoms with van der Waals surface area (Å²) in [6.45, 7) is 6.30. The monoisotopic (exact) mass is 403 g/mol. The molecule has 5 rings (SSSR count). The predicted octanol–water partition coefficient (Wildman–Crippen LogP) is 2.62. The first-order valence-corrected chi connectivity index (χ1v) is 10.4. The number of pyridine rings is 1. The van der Waals surface area contributed by atoms with Crippen molar-refractivity contribution in [3.63, 3.8) is 0 Å². The highest BCUT2D eigenvalue weighted by molar-refractivity contribution is 6.00. The molecule has 8 nitrogen and oxygen atoms in total. The van der Waals surface area contributed by atoms with Gasteiger partial charge in [0.05, 0.1) is 12.2 Å². The Morgan fingerprint density at radius 2 is 2.13 bits per heavy atom. The number of nitrogen functional groups attached to an aromatic ring is 1. The van der Waals surface area contributed by atoms with Crippen molar-refractivity contribution in [3.8, 4) is 0 Å². The van der Waals surface area contributed by atoms with Crippen LogP contribution in [0.1, 0.15) is 46.8 Å². The number of nitrogens with two attached hydrogens (primary N) is 1. The van der Waals surface area contributed by atoms with Crippen LogP contribution in [0.25, 0.3) is 5.65 Å². The van der Waals surface area contributed by atoms with E-state index >= 15 is 0 Å². The molecular weight excluding hydrogens is 378 g/mol. The molecule has 8 heteroatoms. The summed E-state index contributed by atoms with van der Waals surface area (Å²) in [6, 6.07) is 4.19. The van der Waals surface area contributed by atoms with Gasteiger partial charge in [0.15, 0.2) is 5.65 Å². The predicted molar refractivity (Wildman–Crippen MR) is 115 cm³/mol. The second kappa shape index (κ2) is 7.44. The number of carbonyl (C=O) groups excluding carboxylic acids is 1. The van der Waals surface area contributed by atoms with Crippen molar-refractivity contribution in [2.24, 2.45) is 0 Å². The fourth-order valence-electron chi connectivity index (χ4n) is 4.31. The number of hydrogen-bond donors (Lipinski definition) is 1. The van der Waals surface area contributed by atoms with Gasteiger partial charge in [0, 0.05) is 37.6 Å². The number of allylic oxidation sites excluding steroid dienone is 1. The number of hydrogen-bond acceptors (Lipinski definition) is 6. The molecule has 2 aliphatic rings. The maximum atomic E-state index is 12.8. The Bertz CT molecular complexity index is 1120. The Labute approximate surface area is 175 Å². The molecule has 2 fully saturated rings. The normalized spacial score (nSPS) is 18.6. The number of rotatable bonds is 5. The fraction of sp³-hybridized carbons (Fsp3) is 0.364. The van der Waals surface area contributed by atoms with Crippen molar-refractivity contribution < 1.29 is 4.79 Å². The maximum Gasteiger partial charge on any atom is 0.259 e. The molecule has 0 aliphatic carbocycles. The molecule has 2 aliphatic heterocycles. The highest BCUT2D eigenvalue weighted by Crippen LogP contribution is 2.37. The van der Waals surface area contributed by atoms with E-state index in [1.54, 1.807) is 10.7 Å². The molecule has 5 heterocycles. The summed E-state index contributed by atoms with van der Waals surface area (Å²) < 4.78 is 1.67. The molecule has 154 valence electrons. The molecular formula is C22H25N7O. The van der Waals surface area contributed by atoms with Gasteiger partial charge in [0.25, 0.3) is 5.91 Å². The lowest BCUT2D eigenvalue weighted by atomic mass is 10.0. The Morgan fingerprint density at radius 1 is 1.27 bits per heavy atom. The average molecular weight is 403 g/mol. The fourth-order valence-corrected chi connectivity index (χ4v) is 4.31. The van der Waals surface area contributed by atoms with Gasteiger partial charge in [0.1, 0.15) is 17.2 Å². The van der Waals surface area contributed by atoms with Crippen LogP contribution in [-0.2, 0) is 6.42 Å². The lowest BCUT2D eigenvalue weighted by Crippen LogP contribution is -2.42. The number of amides is 1. The zero-order valence-corrected chi connectivity index (χ0v) is 16.9. The van der Waals surface area contributed by atoms with E-state index < -0.39 is 0 Å². The molecule has 1 amide bonds. The third-order valence-electron chi connectivity index (χ3n) is 6.02. The van der Waals surface area contributed by atoms with Crippen LogP contribution in [0.4, 0.5) is 11.6 Å². The smallest absolute Gasteiger partial charge is 0.259 e. The summed E-state index contributed by atoms with van der Waals surface area (Å²) in [5.74, 6) is 1.39. The third kappa shape index (κ3) is 3.08. The Hall–Kier alpha value is -3.42. The van der Waals surface area contributed by atoms with Crippen LogP contribution in [0.3, 0.4) is 0 Å². The number of likely N-dealkylation sites (tertiary alicyclic amines) is 1. The van der Waals surface area contributed by atoms with E-state index in [4.69, 9.17) is 10.7 Å². The van der Waals surface area contributed by atoms with Gasteiger partial charge in [-0.15, -0.1) is 6.58 Å². The Kier molecular flexibility index (Phi) is 4.61. The van der Waals surface area contributed by atoms with Crippen molar-refractivity contribution in [1.82, 2.24) is 24.5 Å². The molecule has 1 atom stereocenters. The van der Waals surface area contributed by atoms with E-state index in [0.29, 0.717) is 17.0 Å². The lowest BCUT2D eigenvalue weighted by molar-refractivity contribution is 0.0653. The van der Waals surface area contributed by atoms with Crippen molar-refractivity contribution in [1.29, 1.82) is 0 Å². The minimum atomic E-state index is 0.00411. The second-order valence-corrected chi connectivity index (χ2v) is 7.92. The van der Waals surface area contributed by atoms with E-state index in [2.05, 4.69) is 27.6 Å². The molecule has 0 aromatic carbocycles. The first-order chi connectivity index (χ1) is 14.7. The minimum Gasteiger partial charge on any atom is -0.383 e. The van der Waals surface area contributed by atoms with Crippen LogP contribution >= 0.6 is 0 Å². The van der Waals surface area contributed by atoms with E-state index in [0.717, 1.165) is 62.3 Å². The van der Waals surface area contributed by atoms with E-state index in [-0.39, 0.29) is 11.9 Å². The molecule has 2 N–H and O–H groups in total. The quantitative estimate of drug-likeness (QED) is 0.659. The van der Waals surface area contributed by atoms with E-state index in [9.17, 15) is 4.79 Å². The summed E-state index contributed by atoms with van der Waals surface area (Å²) in [7, 11) is 0. The first-order valence-electron chi connectivity index (χ1n) is 10.4. The SMILES string of the molecule is C=CCc1cnc(N)c(C2CCCN2c2ccn3ncc(C(=O)N4CCC4)c3n2)c1. The molecule has 2 saturated heterocycles. The molecule has 0 saturated carbocycles. The first kappa shape index (κ1) is 18.6. The molecule has 3 aromatic heterocycles. The van der Waals surface area contributed by atoms with Crippen molar-refractivity contribution >= 4 is 23.2 Å². The van der Waals surface area contributed by atoms with Gasteiger partial charge in [-0.05, 0) is 43.4 Å². The highest BCUT2D eigenvalue weighted by Gasteiger charge is 2.30. The zero-order valence-electron chi connectivity index (χ0n) is 16.9. The molecule has 1 unspecified atom stereocenters. The molecule has 0 bridgehead atoms. The van der Waals surface area contributed by atoms with E-state index in [1.807, 2.05) is 29.4 Å². The number of anilines is 2. The molecule has 0 spiro atoms. The van der Waals surface area contributed by atoms with Crippen LogP contribution in [0.15, 0.2) is 43.4 Å². The van der Waals surface area contributed by atoms with Gasteiger partial charge >= 0.3 is 0 Å². The van der Waals surface area contributed by atoms with Crippen LogP contribution < -0.4 is 10.6 Å².